The third-order valence-corrected chi connectivity index (χ3v) is 6.11. The maximum Gasteiger partial charge on any atom is 0.416 e. The van der Waals surface area contributed by atoms with Crippen molar-refractivity contribution < 1.29 is 32.0 Å². The van der Waals surface area contributed by atoms with Crippen molar-refractivity contribution in [1.82, 2.24) is 15.5 Å². The van der Waals surface area contributed by atoms with Crippen LogP contribution in [-0.2, 0) is 17.5 Å². The monoisotopic (exact) mass is 575 g/mol. The molecule has 40 heavy (non-hydrogen) atoms. The van der Waals surface area contributed by atoms with E-state index in [-0.39, 0.29) is 57.1 Å². The van der Waals surface area contributed by atoms with Gasteiger partial charge < -0.3 is 25.2 Å². The Labute approximate surface area is 232 Å². The van der Waals surface area contributed by atoms with Crippen molar-refractivity contribution in [3.8, 4) is 5.75 Å². The molecule has 0 spiro atoms. The van der Waals surface area contributed by atoms with E-state index in [4.69, 9.17) is 20.9 Å². The summed E-state index contributed by atoms with van der Waals surface area (Å²) in [6, 6.07) is 9.20. The van der Waals surface area contributed by atoms with Gasteiger partial charge in [0, 0.05) is 29.4 Å². The zero-order chi connectivity index (χ0) is 29.2. The highest BCUT2D eigenvalue weighted by Crippen LogP contribution is 2.35. The van der Waals surface area contributed by atoms with Crippen LogP contribution in [0.15, 0.2) is 53.2 Å². The normalized spacial score (nSPS) is 11.8. The maximum absolute atomic E-state index is 13.4. The van der Waals surface area contributed by atoms with E-state index in [0.29, 0.717) is 5.56 Å². The van der Waals surface area contributed by atoms with Crippen LogP contribution in [0.3, 0.4) is 0 Å². The summed E-state index contributed by atoms with van der Waals surface area (Å²) < 4.78 is 50.1. The Morgan fingerprint density at radius 2 is 1.85 bits per heavy atom. The summed E-state index contributed by atoms with van der Waals surface area (Å²) in [5, 5.41) is 12.3. The molecule has 0 atom stereocenters. The number of carbonyl (C=O) groups is 2. The molecular formula is C27H25ClF3N5O4. The Hall–Kier alpha value is -4.32. The number of methoxy groups -OCH3 is 1. The number of pyridine rings is 1. The van der Waals surface area contributed by atoms with Crippen LogP contribution < -0.4 is 20.7 Å². The van der Waals surface area contributed by atoms with E-state index in [2.05, 4.69) is 26.1 Å². The molecular weight excluding hydrogens is 551 g/mol. The first-order chi connectivity index (χ1) is 18.8. The van der Waals surface area contributed by atoms with Gasteiger partial charge in [-0.05, 0) is 30.3 Å². The fourth-order valence-corrected chi connectivity index (χ4v) is 3.98. The van der Waals surface area contributed by atoms with Crippen LogP contribution in [0.25, 0.3) is 11.1 Å². The Kier molecular flexibility index (Phi) is 7.92. The number of hydrogen-bond donors (Lipinski definition) is 3. The van der Waals surface area contributed by atoms with Crippen LogP contribution in [0.5, 0.6) is 5.75 Å². The number of hydrogen-bond acceptors (Lipinski definition) is 7. The molecule has 9 nitrogen and oxygen atoms in total. The maximum atomic E-state index is 13.4. The highest BCUT2D eigenvalue weighted by atomic mass is 35.5. The molecule has 0 fully saturated rings. The molecule has 4 rings (SSSR count). The highest BCUT2D eigenvalue weighted by molar-refractivity contribution is 6.35. The number of amides is 2. The molecule has 0 aliphatic carbocycles. The zero-order valence-electron chi connectivity index (χ0n) is 21.9. The summed E-state index contributed by atoms with van der Waals surface area (Å²) >= 11 is 6.37. The minimum Gasteiger partial charge on any atom is -0.496 e. The van der Waals surface area contributed by atoms with E-state index in [1.807, 2.05) is 0 Å². The standard InChI is InChI=1S/C27H25ClF3N5O4/c1-26(2,3)25(38)33-13-14-8-9-17(28)19(21(14)39-4)24(37)35-18-10-11-32-20-22(18)40-36-23(20)34-16-7-5-6-15(12-16)27(29,30)31/h5-12H,13H2,1-4H3,(H,33,38)(H,34,36)(H,32,35,37). The van der Waals surface area contributed by atoms with Crippen LogP contribution in [0, 0.1) is 5.41 Å². The van der Waals surface area contributed by atoms with Gasteiger partial charge in [0.05, 0.1) is 23.4 Å². The molecule has 2 aromatic carbocycles. The van der Waals surface area contributed by atoms with Crippen molar-refractivity contribution in [3.05, 3.63) is 70.4 Å². The van der Waals surface area contributed by atoms with Gasteiger partial charge >= 0.3 is 6.18 Å². The zero-order valence-corrected chi connectivity index (χ0v) is 22.6. The Morgan fingerprint density at radius 3 is 2.52 bits per heavy atom. The summed E-state index contributed by atoms with van der Waals surface area (Å²) in [6.07, 6.45) is -3.14. The smallest absolute Gasteiger partial charge is 0.416 e. The van der Waals surface area contributed by atoms with Crippen LogP contribution in [-0.4, -0.2) is 29.1 Å². The van der Waals surface area contributed by atoms with E-state index in [1.165, 1.54) is 37.6 Å². The lowest BCUT2D eigenvalue weighted by Gasteiger charge is -2.19. The lowest BCUT2D eigenvalue weighted by molar-refractivity contribution is -0.137. The van der Waals surface area contributed by atoms with Crippen molar-refractivity contribution in [2.45, 2.75) is 33.5 Å². The van der Waals surface area contributed by atoms with E-state index < -0.39 is 23.1 Å². The van der Waals surface area contributed by atoms with Crippen molar-refractivity contribution in [2.75, 3.05) is 17.7 Å². The number of fused-ring (bicyclic) bond motifs is 1. The second-order valence-electron chi connectivity index (χ2n) is 9.77. The lowest BCUT2D eigenvalue weighted by atomic mass is 9.95. The largest absolute Gasteiger partial charge is 0.496 e. The Morgan fingerprint density at radius 1 is 1.10 bits per heavy atom. The van der Waals surface area contributed by atoms with Gasteiger partial charge in [0.25, 0.3) is 5.91 Å². The fourth-order valence-electron chi connectivity index (χ4n) is 3.75. The number of carbonyl (C=O) groups excluding carboxylic acids is 2. The topological polar surface area (TPSA) is 118 Å². The SMILES string of the molecule is COc1c(CNC(=O)C(C)(C)C)ccc(Cl)c1C(=O)Nc1ccnc2c(Nc3cccc(C(F)(F)F)c3)noc12. The molecule has 0 aliphatic rings. The van der Waals surface area contributed by atoms with Gasteiger partial charge in [0.15, 0.2) is 5.52 Å². The van der Waals surface area contributed by atoms with Gasteiger partial charge in [-0.25, -0.2) is 4.98 Å². The van der Waals surface area contributed by atoms with Crippen LogP contribution >= 0.6 is 11.6 Å². The molecule has 2 amide bonds. The van der Waals surface area contributed by atoms with Gasteiger partial charge in [-0.2, -0.15) is 13.2 Å². The van der Waals surface area contributed by atoms with Gasteiger partial charge in [-0.3, -0.25) is 9.59 Å². The Balaban J connectivity index is 1.61. The number of ether oxygens (including phenoxy) is 1. The number of aromatic nitrogens is 2. The minimum absolute atomic E-state index is 0.0264. The van der Waals surface area contributed by atoms with Crippen molar-refractivity contribution in [3.63, 3.8) is 0 Å². The van der Waals surface area contributed by atoms with Crippen molar-refractivity contribution >= 4 is 51.7 Å². The molecule has 210 valence electrons. The van der Waals surface area contributed by atoms with Crippen LogP contribution in [0.2, 0.25) is 5.02 Å². The molecule has 4 aromatic rings. The first kappa shape index (κ1) is 28.7. The summed E-state index contributed by atoms with van der Waals surface area (Å²) in [7, 11) is 1.38. The molecule has 0 saturated heterocycles. The van der Waals surface area contributed by atoms with Crippen LogP contribution in [0.1, 0.15) is 42.3 Å². The molecule has 0 saturated carbocycles. The second-order valence-corrected chi connectivity index (χ2v) is 10.2. The molecule has 0 unspecified atom stereocenters. The van der Waals surface area contributed by atoms with Gasteiger partial charge in [-0.15, -0.1) is 0 Å². The highest BCUT2D eigenvalue weighted by Gasteiger charge is 2.30. The number of rotatable bonds is 7. The average Bonchev–Trinajstić information content (AvgIpc) is 3.30. The number of nitrogens with one attached hydrogen (secondary N) is 3. The first-order valence-corrected chi connectivity index (χ1v) is 12.3. The number of nitrogens with zero attached hydrogens (tertiary/aromatic N) is 2. The van der Waals surface area contributed by atoms with E-state index in [0.717, 1.165) is 12.1 Å². The Bertz CT molecular complexity index is 1580. The van der Waals surface area contributed by atoms with E-state index >= 15 is 0 Å². The molecule has 0 bridgehead atoms. The molecule has 13 heteroatoms. The summed E-state index contributed by atoms with van der Waals surface area (Å²) in [6.45, 7) is 5.43. The number of alkyl halides is 3. The van der Waals surface area contributed by atoms with Crippen LogP contribution in [0.4, 0.5) is 30.4 Å². The predicted octanol–water partition coefficient (Wildman–Crippen LogP) is 6.56. The fraction of sp³-hybridized carbons (Fsp3) is 0.259. The quantitative estimate of drug-likeness (QED) is 0.228. The lowest BCUT2D eigenvalue weighted by Crippen LogP contribution is -2.34. The number of halogens is 4. The minimum atomic E-state index is -4.52. The molecule has 3 N–H and O–H groups in total. The predicted molar refractivity (Wildman–Crippen MR) is 144 cm³/mol. The van der Waals surface area contributed by atoms with Gasteiger partial charge in [-0.1, -0.05) is 49.7 Å². The summed E-state index contributed by atoms with van der Waals surface area (Å²) in [5.74, 6) is -0.594. The summed E-state index contributed by atoms with van der Waals surface area (Å²) in [5.41, 5.74) is -0.339. The third kappa shape index (κ3) is 6.12. The molecule has 2 aromatic heterocycles. The van der Waals surface area contributed by atoms with Crippen molar-refractivity contribution in [2.24, 2.45) is 5.41 Å². The third-order valence-electron chi connectivity index (χ3n) is 5.80. The van der Waals surface area contributed by atoms with Crippen molar-refractivity contribution in [1.29, 1.82) is 0 Å². The number of benzene rings is 2. The van der Waals surface area contributed by atoms with E-state index in [9.17, 15) is 22.8 Å². The molecule has 2 heterocycles. The molecule has 0 aliphatic heterocycles. The number of anilines is 3. The van der Waals surface area contributed by atoms with Gasteiger partial charge in [0.1, 0.15) is 11.3 Å². The van der Waals surface area contributed by atoms with E-state index in [1.54, 1.807) is 26.8 Å². The molecule has 0 radical (unpaired) electrons. The summed E-state index contributed by atoms with van der Waals surface area (Å²) in [4.78, 5) is 29.9. The van der Waals surface area contributed by atoms with Gasteiger partial charge in [0.2, 0.25) is 17.3 Å². The first-order valence-electron chi connectivity index (χ1n) is 11.9. The second kappa shape index (κ2) is 11.0. The average molecular weight is 576 g/mol.